The molecule has 1 aliphatic rings. The second kappa shape index (κ2) is 58.9. The Balaban J connectivity index is 2.67. The van der Waals surface area contributed by atoms with Gasteiger partial charge in [-0.3, -0.25) is 9.59 Å². The van der Waals surface area contributed by atoms with E-state index in [1.165, 1.54) is 141 Å². The number of aliphatic hydroxyl groups is 5. The number of amides is 1. The van der Waals surface area contributed by atoms with Crippen molar-refractivity contribution in [2.45, 2.75) is 333 Å². The molecule has 1 saturated heterocycles. The number of ether oxygens (including phenoxy) is 3. The highest BCUT2D eigenvalue weighted by Gasteiger charge is 2.47. The van der Waals surface area contributed by atoms with E-state index < -0.39 is 67.4 Å². The van der Waals surface area contributed by atoms with Gasteiger partial charge in [0.05, 0.1) is 25.4 Å². The van der Waals surface area contributed by atoms with Gasteiger partial charge < -0.3 is 45.1 Å². The Labute approximate surface area is 507 Å². The average Bonchev–Trinajstić information content (AvgIpc) is 3.54. The maximum absolute atomic E-state index is 13.5. The van der Waals surface area contributed by atoms with Crippen molar-refractivity contribution in [3.63, 3.8) is 0 Å². The number of rotatable bonds is 57. The lowest BCUT2D eigenvalue weighted by Crippen LogP contribution is -2.61. The molecule has 0 bridgehead atoms. The van der Waals surface area contributed by atoms with Gasteiger partial charge in [-0.25, -0.2) is 0 Å². The summed E-state index contributed by atoms with van der Waals surface area (Å²) in [6.07, 6.45) is 68.6. The maximum atomic E-state index is 13.5. The van der Waals surface area contributed by atoms with Crippen LogP contribution in [0, 0.1) is 0 Å². The number of carbonyl (C=O) groups is 2. The number of nitrogens with one attached hydrogen (secondary N) is 1. The molecule has 83 heavy (non-hydrogen) atoms. The molecule has 478 valence electrons. The van der Waals surface area contributed by atoms with Crippen molar-refractivity contribution in [1.82, 2.24) is 5.32 Å². The van der Waals surface area contributed by atoms with E-state index in [1.54, 1.807) is 6.08 Å². The third-order valence-electron chi connectivity index (χ3n) is 15.5. The van der Waals surface area contributed by atoms with E-state index in [9.17, 15) is 35.1 Å². The molecule has 0 aliphatic carbocycles. The molecule has 0 aromatic heterocycles. The van der Waals surface area contributed by atoms with Gasteiger partial charge in [0.25, 0.3) is 0 Å². The SMILES string of the molecule is CC/C=C\C/C=C\C/C=C\C/C=C\C/C=C\C/C=C\CCCCCC(O)C(=O)NC(COC1OC(CO)C(O)C(O)C1OC(=O)CCCCCCCCCCC/C=C/CCCCCCCC)C(O)/C=C/CCCCCCCCCCCCC. The van der Waals surface area contributed by atoms with E-state index in [2.05, 4.69) is 111 Å². The number of carbonyl (C=O) groups excluding carboxylic acids is 2. The van der Waals surface area contributed by atoms with Crippen LogP contribution in [0.1, 0.15) is 284 Å². The molecule has 1 fully saturated rings. The van der Waals surface area contributed by atoms with Crippen molar-refractivity contribution in [3.05, 3.63) is 97.2 Å². The Morgan fingerprint density at radius 3 is 1.31 bits per heavy atom. The zero-order valence-electron chi connectivity index (χ0n) is 53.0. The van der Waals surface area contributed by atoms with Crippen LogP contribution in [0.3, 0.4) is 0 Å². The number of hydrogen-bond donors (Lipinski definition) is 6. The third kappa shape index (κ3) is 46.5. The Morgan fingerprint density at radius 1 is 0.482 bits per heavy atom. The van der Waals surface area contributed by atoms with Crippen molar-refractivity contribution in [1.29, 1.82) is 0 Å². The minimum atomic E-state index is -1.62. The molecule has 8 atom stereocenters. The summed E-state index contributed by atoms with van der Waals surface area (Å²) in [7, 11) is 0. The summed E-state index contributed by atoms with van der Waals surface area (Å²) in [4.78, 5) is 26.6. The fraction of sp³-hybridized carbons (Fsp3) is 0.750. The molecular formula is C72H125NO10. The van der Waals surface area contributed by atoms with E-state index in [1.807, 2.05) is 6.08 Å². The number of allylic oxidation sites excluding steroid dienone is 15. The number of hydrogen-bond acceptors (Lipinski definition) is 10. The largest absolute Gasteiger partial charge is 0.454 e. The van der Waals surface area contributed by atoms with Crippen molar-refractivity contribution < 1.29 is 49.3 Å². The third-order valence-corrected chi connectivity index (χ3v) is 15.5. The first-order valence-electron chi connectivity index (χ1n) is 34.0. The predicted molar refractivity (Wildman–Crippen MR) is 347 cm³/mol. The van der Waals surface area contributed by atoms with Crippen molar-refractivity contribution in [2.75, 3.05) is 13.2 Å². The summed E-state index contributed by atoms with van der Waals surface area (Å²) in [5.74, 6) is -1.22. The van der Waals surface area contributed by atoms with Crippen LogP contribution in [-0.4, -0.2) is 99.6 Å². The number of aliphatic hydroxyl groups excluding tert-OH is 5. The molecule has 1 rings (SSSR count). The zero-order chi connectivity index (χ0) is 60.3. The van der Waals surface area contributed by atoms with Gasteiger partial charge in [-0.05, 0) is 103 Å². The summed E-state index contributed by atoms with van der Waals surface area (Å²) < 4.78 is 17.7. The first-order chi connectivity index (χ1) is 40.7. The molecular weight excluding hydrogens is 1040 g/mol. The van der Waals surface area contributed by atoms with Crippen LogP contribution in [0.5, 0.6) is 0 Å². The molecule has 1 heterocycles. The summed E-state index contributed by atoms with van der Waals surface area (Å²) >= 11 is 0. The standard InChI is InChI=1S/C72H125NO10/c1-4-7-10-13-16-19-22-25-27-29-31-32-33-35-36-38-41-44-47-50-53-56-59-65(76)71(80)73-63(64(75)58-55-52-49-46-43-40-24-21-18-15-12-9-6-3)62-81-72-70(69(79)68(78)66(61-74)82-72)83-67(77)60-57-54-51-48-45-42-39-37-34-30-28-26-23-20-17-14-11-8-5-2/h7,10,16,19,25-28,31-32,35-36,41,44,55,58,63-66,68-70,72,74-76,78-79H,4-6,8-9,11-15,17-18,20-24,29-30,33-34,37-40,42-43,45-54,56-57,59-62H2,1-3H3,(H,73,80)/b10-7-,19-16-,27-25-,28-26+,32-31-,36-35-,44-41-,58-55+. The molecule has 0 aromatic carbocycles. The van der Waals surface area contributed by atoms with Crippen molar-refractivity contribution in [3.8, 4) is 0 Å². The molecule has 1 amide bonds. The van der Waals surface area contributed by atoms with E-state index >= 15 is 0 Å². The Bertz CT molecular complexity index is 1720. The van der Waals surface area contributed by atoms with Gasteiger partial charge in [-0.15, -0.1) is 0 Å². The minimum Gasteiger partial charge on any atom is -0.454 e. The molecule has 11 heteroatoms. The first-order valence-corrected chi connectivity index (χ1v) is 34.0. The second-order valence-corrected chi connectivity index (χ2v) is 23.2. The van der Waals surface area contributed by atoms with Crippen LogP contribution in [0.4, 0.5) is 0 Å². The Hall–Kier alpha value is -3.42. The van der Waals surface area contributed by atoms with Gasteiger partial charge >= 0.3 is 5.97 Å². The van der Waals surface area contributed by atoms with Gasteiger partial charge in [0, 0.05) is 6.42 Å². The van der Waals surface area contributed by atoms with Gasteiger partial charge in [-0.2, -0.15) is 0 Å². The first kappa shape index (κ1) is 77.6. The van der Waals surface area contributed by atoms with Crippen LogP contribution in [-0.2, 0) is 23.8 Å². The van der Waals surface area contributed by atoms with Crippen molar-refractivity contribution in [2.24, 2.45) is 0 Å². The quantitative estimate of drug-likeness (QED) is 0.0195. The normalized spacial score (nSPS) is 19.2. The minimum absolute atomic E-state index is 0.115. The number of unbranched alkanes of at least 4 members (excludes halogenated alkanes) is 29. The monoisotopic (exact) mass is 1160 g/mol. The van der Waals surface area contributed by atoms with E-state index in [-0.39, 0.29) is 19.4 Å². The summed E-state index contributed by atoms with van der Waals surface area (Å²) in [5, 5.41) is 57.2. The van der Waals surface area contributed by atoms with Gasteiger partial charge in [0.1, 0.15) is 24.4 Å². The molecule has 0 radical (unpaired) electrons. The predicted octanol–water partition coefficient (Wildman–Crippen LogP) is 17.1. The summed E-state index contributed by atoms with van der Waals surface area (Å²) in [6, 6.07) is -1.04. The summed E-state index contributed by atoms with van der Waals surface area (Å²) in [5.41, 5.74) is 0. The highest BCUT2D eigenvalue weighted by Crippen LogP contribution is 2.26. The highest BCUT2D eigenvalue weighted by atomic mass is 16.7. The Morgan fingerprint density at radius 2 is 0.867 bits per heavy atom. The lowest BCUT2D eigenvalue weighted by Gasteiger charge is -2.41. The molecule has 1 aliphatic heterocycles. The topological polar surface area (TPSA) is 175 Å². The van der Waals surface area contributed by atoms with Crippen LogP contribution < -0.4 is 5.32 Å². The fourth-order valence-electron chi connectivity index (χ4n) is 10.1. The fourth-order valence-corrected chi connectivity index (χ4v) is 10.1. The Kier molecular flexibility index (Phi) is 55.1. The average molecular weight is 1160 g/mol. The van der Waals surface area contributed by atoms with Crippen LogP contribution in [0.25, 0.3) is 0 Å². The van der Waals surface area contributed by atoms with Gasteiger partial charge in [-0.1, -0.05) is 272 Å². The molecule has 6 N–H and O–H groups in total. The van der Waals surface area contributed by atoms with E-state index in [0.717, 1.165) is 96.3 Å². The zero-order valence-corrected chi connectivity index (χ0v) is 53.0. The van der Waals surface area contributed by atoms with E-state index in [0.29, 0.717) is 12.8 Å². The van der Waals surface area contributed by atoms with Crippen molar-refractivity contribution >= 4 is 11.9 Å². The lowest BCUT2D eigenvalue weighted by atomic mass is 9.99. The second-order valence-electron chi connectivity index (χ2n) is 23.2. The number of esters is 1. The van der Waals surface area contributed by atoms with Gasteiger partial charge in [0.15, 0.2) is 12.4 Å². The highest BCUT2D eigenvalue weighted by molar-refractivity contribution is 5.80. The molecule has 8 unspecified atom stereocenters. The van der Waals surface area contributed by atoms with Gasteiger partial charge in [0.2, 0.25) is 5.91 Å². The van der Waals surface area contributed by atoms with E-state index in [4.69, 9.17) is 14.2 Å². The molecule has 0 spiro atoms. The van der Waals surface area contributed by atoms with Crippen LogP contribution >= 0.6 is 0 Å². The smallest absolute Gasteiger partial charge is 0.306 e. The molecule has 0 saturated carbocycles. The van der Waals surface area contributed by atoms with Crippen LogP contribution in [0.2, 0.25) is 0 Å². The summed E-state index contributed by atoms with van der Waals surface area (Å²) in [6.45, 7) is 5.67. The maximum Gasteiger partial charge on any atom is 0.306 e. The van der Waals surface area contributed by atoms with Crippen LogP contribution in [0.15, 0.2) is 97.2 Å². The molecule has 0 aromatic rings. The molecule has 11 nitrogen and oxygen atoms in total. The lowest BCUT2D eigenvalue weighted by molar-refractivity contribution is -0.305.